The summed E-state index contributed by atoms with van der Waals surface area (Å²) in [7, 11) is 0. The fourth-order valence-corrected chi connectivity index (χ4v) is 2.86. The van der Waals surface area contributed by atoms with Crippen LogP contribution in [-0.2, 0) is 9.53 Å². The molecule has 0 N–H and O–H groups in total. The Labute approximate surface area is 101 Å². The molecule has 2 aliphatic rings. The zero-order valence-electron chi connectivity index (χ0n) is 9.84. The zero-order valence-corrected chi connectivity index (χ0v) is 9.84. The quantitative estimate of drug-likeness (QED) is 0.738. The molecule has 3 rings (SSSR count). The van der Waals surface area contributed by atoms with E-state index in [4.69, 9.17) is 4.74 Å². The van der Waals surface area contributed by atoms with Crippen LogP contribution in [0, 0.1) is 0 Å². The van der Waals surface area contributed by atoms with Crippen LogP contribution in [0.15, 0.2) is 30.3 Å². The van der Waals surface area contributed by atoms with Gasteiger partial charge in [-0.1, -0.05) is 30.3 Å². The first-order chi connectivity index (χ1) is 8.34. The molecule has 0 aromatic heterocycles. The maximum atomic E-state index is 11.5. The molecule has 0 aliphatic carbocycles. The molecule has 0 spiro atoms. The van der Waals surface area contributed by atoms with Crippen LogP contribution in [0.5, 0.6) is 0 Å². The van der Waals surface area contributed by atoms with Gasteiger partial charge in [-0.25, -0.2) is 0 Å². The minimum atomic E-state index is 0.287. The van der Waals surface area contributed by atoms with Gasteiger partial charge >= 0.3 is 0 Å². The summed E-state index contributed by atoms with van der Waals surface area (Å²) in [6.07, 6.45) is 1.35. The Morgan fingerprint density at radius 3 is 2.82 bits per heavy atom. The summed E-state index contributed by atoms with van der Waals surface area (Å²) >= 11 is 0. The number of piperidine rings is 1. The van der Waals surface area contributed by atoms with Gasteiger partial charge < -0.3 is 4.74 Å². The van der Waals surface area contributed by atoms with Crippen molar-refractivity contribution in [1.29, 1.82) is 0 Å². The van der Waals surface area contributed by atoms with Crippen molar-refractivity contribution in [3.05, 3.63) is 35.9 Å². The van der Waals surface area contributed by atoms with Crippen molar-refractivity contribution in [3.8, 4) is 0 Å². The molecular weight excluding hydrogens is 214 g/mol. The molecule has 90 valence electrons. The number of fused-ring (bicyclic) bond motifs is 1. The Bertz CT molecular complexity index is 404. The Hall–Kier alpha value is -1.19. The van der Waals surface area contributed by atoms with E-state index in [2.05, 4.69) is 29.2 Å². The molecule has 2 heterocycles. The second-order valence-electron chi connectivity index (χ2n) is 4.85. The number of morpholine rings is 1. The molecule has 3 nitrogen and oxygen atoms in total. The zero-order chi connectivity index (χ0) is 11.7. The fraction of sp³-hybridized carbons (Fsp3) is 0.500. The van der Waals surface area contributed by atoms with Crippen molar-refractivity contribution in [2.24, 2.45) is 0 Å². The minimum absolute atomic E-state index is 0.287. The van der Waals surface area contributed by atoms with E-state index in [9.17, 15) is 4.79 Å². The number of ether oxygens (including phenoxy) is 1. The lowest BCUT2D eigenvalue weighted by Gasteiger charge is -2.44. The van der Waals surface area contributed by atoms with Gasteiger partial charge in [0.05, 0.1) is 19.3 Å². The van der Waals surface area contributed by atoms with Gasteiger partial charge in [0.15, 0.2) is 0 Å². The lowest BCUT2D eigenvalue weighted by molar-refractivity contribution is -0.130. The number of hydrogen-bond donors (Lipinski definition) is 0. The summed E-state index contributed by atoms with van der Waals surface area (Å²) in [5.74, 6) is 0.378. The highest BCUT2D eigenvalue weighted by molar-refractivity contribution is 5.80. The third-order valence-corrected chi connectivity index (χ3v) is 3.75. The highest BCUT2D eigenvalue weighted by Gasteiger charge is 2.36. The number of carbonyl (C=O) groups excluding carboxylic acids is 1. The SMILES string of the molecule is O=C1CCN2C(COCC2c2ccccc2)C1. The van der Waals surface area contributed by atoms with Gasteiger partial charge in [-0.15, -0.1) is 0 Å². The number of Topliss-reactive ketones (excluding diaryl/α,β-unsaturated/α-hetero) is 1. The van der Waals surface area contributed by atoms with E-state index in [0.29, 0.717) is 31.3 Å². The minimum Gasteiger partial charge on any atom is -0.378 e. The Morgan fingerprint density at radius 1 is 1.18 bits per heavy atom. The molecule has 1 aromatic carbocycles. The molecule has 1 aromatic rings. The van der Waals surface area contributed by atoms with Crippen LogP contribution in [0.2, 0.25) is 0 Å². The molecule has 0 amide bonds. The van der Waals surface area contributed by atoms with E-state index >= 15 is 0 Å². The van der Waals surface area contributed by atoms with Crippen LogP contribution in [0.3, 0.4) is 0 Å². The number of nitrogens with zero attached hydrogens (tertiary/aromatic N) is 1. The molecule has 17 heavy (non-hydrogen) atoms. The van der Waals surface area contributed by atoms with Gasteiger partial charge in [0.25, 0.3) is 0 Å². The molecule has 2 unspecified atom stereocenters. The lowest BCUT2D eigenvalue weighted by Crippen LogP contribution is -2.51. The van der Waals surface area contributed by atoms with Crippen LogP contribution < -0.4 is 0 Å². The van der Waals surface area contributed by atoms with Crippen molar-refractivity contribution in [2.45, 2.75) is 24.9 Å². The van der Waals surface area contributed by atoms with E-state index in [1.54, 1.807) is 0 Å². The van der Waals surface area contributed by atoms with Crippen LogP contribution in [0.4, 0.5) is 0 Å². The third-order valence-electron chi connectivity index (χ3n) is 3.75. The Kier molecular flexibility index (Phi) is 2.95. The van der Waals surface area contributed by atoms with Gasteiger partial charge in [-0.2, -0.15) is 0 Å². The van der Waals surface area contributed by atoms with Gasteiger partial charge in [-0.3, -0.25) is 9.69 Å². The standard InChI is InChI=1S/C14H17NO2/c16-13-6-7-15-12(8-13)9-17-10-14(15)11-4-2-1-3-5-11/h1-5,12,14H,6-10H2. The van der Waals surface area contributed by atoms with E-state index in [1.165, 1.54) is 5.56 Å². The van der Waals surface area contributed by atoms with E-state index in [0.717, 1.165) is 13.2 Å². The molecule has 2 fully saturated rings. The van der Waals surface area contributed by atoms with E-state index in [1.807, 2.05) is 6.07 Å². The third kappa shape index (κ3) is 2.13. The molecule has 0 saturated carbocycles. The average Bonchev–Trinajstić information content (AvgIpc) is 2.39. The maximum Gasteiger partial charge on any atom is 0.135 e. The fourth-order valence-electron chi connectivity index (χ4n) is 2.86. The molecule has 2 aliphatic heterocycles. The van der Waals surface area contributed by atoms with Crippen molar-refractivity contribution < 1.29 is 9.53 Å². The van der Waals surface area contributed by atoms with Gasteiger partial charge in [0.1, 0.15) is 5.78 Å². The van der Waals surface area contributed by atoms with E-state index < -0.39 is 0 Å². The number of rotatable bonds is 1. The molecule has 0 radical (unpaired) electrons. The predicted octanol–water partition coefficient (Wildman–Crippen LogP) is 1.79. The first-order valence-electron chi connectivity index (χ1n) is 6.25. The van der Waals surface area contributed by atoms with Gasteiger partial charge in [-0.05, 0) is 5.56 Å². The summed E-state index contributed by atoms with van der Waals surface area (Å²) < 4.78 is 5.66. The maximum absolute atomic E-state index is 11.5. The summed E-state index contributed by atoms with van der Waals surface area (Å²) in [5, 5.41) is 0. The normalized spacial score (nSPS) is 30.0. The lowest BCUT2D eigenvalue weighted by atomic mass is 9.95. The molecule has 2 atom stereocenters. The van der Waals surface area contributed by atoms with Crippen molar-refractivity contribution in [3.63, 3.8) is 0 Å². The first-order valence-corrected chi connectivity index (χ1v) is 6.25. The predicted molar refractivity (Wildman–Crippen MR) is 64.7 cm³/mol. The monoisotopic (exact) mass is 231 g/mol. The first kappa shape index (κ1) is 10.9. The van der Waals surface area contributed by atoms with Gasteiger partial charge in [0, 0.05) is 25.4 Å². The van der Waals surface area contributed by atoms with Crippen molar-refractivity contribution in [2.75, 3.05) is 19.8 Å². The highest BCUT2D eigenvalue weighted by atomic mass is 16.5. The van der Waals surface area contributed by atoms with Crippen LogP contribution in [0.25, 0.3) is 0 Å². The summed E-state index contributed by atoms with van der Waals surface area (Å²) in [5.41, 5.74) is 1.30. The van der Waals surface area contributed by atoms with Crippen LogP contribution in [0.1, 0.15) is 24.4 Å². The summed E-state index contributed by atoms with van der Waals surface area (Å²) in [6, 6.07) is 11.1. The Morgan fingerprint density at radius 2 is 2.00 bits per heavy atom. The Balaban J connectivity index is 1.83. The highest BCUT2D eigenvalue weighted by Crippen LogP contribution is 2.31. The van der Waals surface area contributed by atoms with Crippen molar-refractivity contribution >= 4 is 5.78 Å². The number of ketones is 1. The molecule has 0 bridgehead atoms. The summed E-state index contributed by atoms with van der Waals surface area (Å²) in [4.78, 5) is 13.9. The smallest absolute Gasteiger partial charge is 0.135 e. The average molecular weight is 231 g/mol. The second kappa shape index (κ2) is 4.59. The number of carbonyl (C=O) groups is 1. The summed E-state index contributed by atoms with van der Waals surface area (Å²) in [6.45, 7) is 2.33. The topological polar surface area (TPSA) is 29.5 Å². The van der Waals surface area contributed by atoms with Crippen LogP contribution in [-0.4, -0.2) is 36.5 Å². The van der Waals surface area contributed by atoms with Crippen molar-refractivity contribution in [1.82, 2.24) is 4.90 Å². The molecular formula is C14H17NO2. The van der Waals surface area contributed by atoms with E-state index in [-0.39, 0.29) is 6.04 Å². The second-order valence-corrected chi connectivity index (χ2v) is 4.85. The van der Waals surface area contributed by atoms with Gasteiger partial charge in [0.2, 0.25) is 0 Å². The number of hydrogen-bond acceptors (Lipinski definition) is 3. The largest absolute Gasteiger partial charge is 0.378 e. The molecule has 3 heteroatoms. The van der Waals surface area contributed by atoms with Crippen LogP contribution >= 0.6 is 0 Å². The number of benzene rings is 1. The molecule has 2 saturated heterocycles.